The van der Waals surface area contributed by atoms with Gasteiger partial charge < -0.3 is 10.2 Å². The highest BCUT2D eigenvalue weighted by Gasteiger charge is 2.23. The van der Waals surface area contributed by atoms with Crippen molar-refractivity contribution in [1.82, 2.24) is 24.9 Å². The summed E-state index contributed by atoms with van der Waals surface area (Å²) >= 11 is 0. The monoisotopic (exact) mass is 342 g/mol. The molecule has 3 rings (SSSR count). The van der Waals surface area contributed by atoms with Crippen molar-refractivity contribution in [2.45, 2.75) is 26.4 Å². The van der Waals surface area contributed by atoms with Gasteiger partial charge in [-0.05, 0) is 19.3 Å². The topological polar surface area (TPSA) is 68.0 Å². The molecule has 2 aromatic heterocycles. The highest BCUT2D eigenvalue weighted by molar-refractivity contribution is 5.44. The van der Waals surface area contributed by atoms with Gasteiger partial charge in [-0.3, -0.25) is 9.48 Å². The number of allylic oxidation sites excluding steroid dienone is 1. The number of nitrogens with zero attached hydrogens (tertiary/aromatic N) is 5. The molecule has 0 radical (unpaired) electrons. The molecule has 0 unspecified atom stereocenters. The third kappa shape index (κ3) is 4.17. The van der Waals surface area contributed by atoms with E-state index in [9.17, 15) is 4.79 Å². The first-order chi connectivity index (χ1) is 12.1. The summed E-state index contributed by atoms with van der Waals surface area (Å²) in [6.45, 7) is 10.2. The zero-order chi connectivity index (χ0) is 17.8. The fraction of sp³-hybridized carbons (Fsp3) is 0.500. The Balaban J connectivity index is 1.49. The van der Waals surface area contributed by atoms with Crippen LogP contribution < -0.4 is 15.8 Å². The molecular formula is C18H26N6O. The summed E-state index contributed by atoms with van der Waals surface area (Å²) in [6.07, 6.45) is 6.82. The van der Waals surface area contributed by atoms with Gasteiger partial charge in [0.25, 0.3) is 5.56 Å². The Morgan fingerprint density at radius 1 is 1.48 bits per heavy atom. The minimum atomic E-state index is -0.0638. The van der Waals surface area contributed by atoms with Crippen molar-refractivity contribution in [2.24, 2.45) is 13.0 Å². The summed E-state index contributed by atoms with van der Waals surface area (Å²) < 4.78 is 3.27. The fourth-order valence-electron chi connectivity index (χ4n) is 3.24. The SMILES string of the molecule is C=CCn1cc(CNC[C@H]2CCN(c3cnn(C)c(=O)c3)C2)c(C)n1. The van der Waals surface area contributed by atoms with Gasteiger partial charge in [-0.1, -0.05) is 6.08 Å². The first-order valence-corrected chi connectivity index (χ1v) is 8.69. The Labute approximate surface area is 148 Å². The van der Waals surface area contributed by atoms with Gasteiger partial charge in [-0.15, -0.1) is 6.58 Å². The lowest BCUT2D eigenvalue weighted by molar-refractivity contribution is 0.516. The zero-order valence-corrected chi connectivity index (χ0v) is 15.0. The van der Waals surface area contributed by atoms with E-state index >= 15 is 0 Å². The van der Waals surface area contributed by atoms with Crippen molar-refractivity contribution in [1.29, 1.82) is 0 Å². The summed E-state index contributed by atoms with van der Waals surface area (Å²) in [5.74, 6) is 0.576. The zero-order valence-electron chi connectivity index (χ0n) is 15.0. The van der Waals surface area contributed by atoms with Crippen molar-refractivity contribution in [3.63, 3.8) is 0 Å². The van der Waals surface area contributed by atoms with Crippen LogP contribution in [0.3, 0.4) is 0 Å². The van der Waals surface area contributed by atoms with E-state index in [4.69, 9.17) is 0 Å². The van der Waals surface area contributed by atoms with Gasteiger partial charge in [0.15, 0.2) is 0 Å². The average molecular weight is 342 g/mol. The third-order valence-corrected chi connectivity index (χ3v) is 4.72. The molecule has 0 spiro atoms. The molecule has 134 valence electrons. The van der Waals surface area contributed by atoms with Crippen LogP contribution in [0.5, 0.6) is 0 Å². The van der Waals surface area contributed by atoms with Crippen molar-refractivity contribution >= 4 is 5.69 Å². The van der Waals surface area contributed by atoms with E-state index in [1.807, 2.05) is 17.7 Å². The van der Waals surface area contributed by atoms with E-state index in [1.54, 1.807) is 19.3 Å². The van der Waals surface area contributed by atoms with E-state index in [-0.39, 0.29) is 5.56 Å². The minimum absolute atomic E-state index is 0.0638. The maximum Gasteiger partial charge on any atom is 0.268 e. The van der Waals surface area contributed by atoms with E-state index in [2.05, 4.69) is 33.2 Å². The van der Waals surface area contributed by atoms with Gasteiger partial charge in [0, 0.05) is 51.1 Å². The van der Waals surface area contributed by atoms with Crippen LogP contribution in [0, 0.1) is 12.8 Å². The Morgan fingerprint density at radius 2 is 2.32 bits per heavy atom. The molecule has 0 bridgehead atoms. The molecule has 1 aliphatic heterocycles. The highest BCUT2D eigenvalue weighted by Crippen LogP contribution is 2.21. The molecule has 1 fully saturated rings. The normalized spacial score (nSPS) is 17.2. The van der Waals surface area contributed by atoms with Crippen molar-refractivity contribution in [2.75, 3.05) is 24.5 Å². The van der Waals surface area contributed by atoms with Crippen LogP contribution in [-0.2, 0) is 20.1 Å². The first kappa shape index (κ1) is 17.4. The van der Waals surface area contributed by atoms with Gasteiger partial charge >= 0.3 is 0 Å². The van der Waals surface area contributed by atoms with Crippen LogP contribution >= 0.6 is 0 Å². The summed E-state index contributed by atoms with van der Waals surface area (Å²) in [7, 11) is 1.67. The summed E-state index contributed by atoms with van der Waals surface area (Å²) in [6, 6.07) is 1.67. The van der Waals surface area contributed by atoms with Crippen molar-refractivity contribution < 1.29 is 0 Å². The van der Waals surface area contributed by atoms with E-state index in [0.717, 1.165) is 50.5 Å². The van der Waals surface area contributed by atoms with Crippen LogP contribution in [0.1, 0.15) is 17.7 Å². The molecule has 7 nitrogen and oxygen atoms in total. The van der Waals surface area contributed by atoms with E-state index in [1.165, 1.54) is 10.2 Å². The third-order valence-electron chi connectivity index (χ3n) is 4.72. The predicted molar refractivity (Wildman–Crippen MR) is 98.7 cm³/mol. The lowest BCUT2D eigenvalue weighted by Gasteiger charge is -2.18. The van der Waals surface area contributed by atoms with Gasteiger partial charge in [0.1, 0.15) is 0 Å². The van der Waals surface area contributed by atoms with Gasteiger partial charge in [0.05, 0.1) is 24.1 Å². The van der Waals surface area contributed by atoms with Crippen LogP contribution in [0.25, 0.3) is 0 Å². The van der Waals surface area contributed by atoms with Gasteiger partial charge in [0.2, 0.25) is 0 Å². The number of anilines is 1. The molecule has 2 aromatic rings. The number of nitrogens with one attached hydrogen (secondary N) is 1. The molecule has 1 N–H and O–H groups in total. The number of hydrogen-bond donors (Lipinski definition) is 1. The number of hydrogen-bond acceptors (Lipinski definition) is 5. The molecule has 0 aliphatic carbocycles. The molecule has 25 heavy (non-hydrogen) atoms. The lowest BCUT2D eigenvalue weighted by atomic mass is 10.1. The van der Waals surface area contributed by atoms with Crippen molar-refractivity contribution in [3.05, 3.63) is 52.7 Å². The second kappa shape index (κ2) is 7.65. The number of rotatable bonds is 7. The minimum Gasteiger partial charge on any atom is -0.370 e. The Hall–Kier alpha value is -2.41. The molecule has 0 amide bonds. The summed E-state index contributed by atoms with van der Waals surface area (Å²) in [4.78, 5) is 14.0. The maximum atomic E-state index is 11.7. The second-order valence-corrected chi connectivity index (χ2v) is 6.66. The molecule has 0 saturated carbocycles. The average Bonchev–Trinajstić information content (AvgIpc) is 3.18. The summed E-state index contributed by atoms with van der Waals surface area (Å²) in [5.41, 5.74) is 3.15. The summed E-state index contributed by atoms with van der Waals surface area (Å²) in [5, 5.41) is 12.1. The van der Waals surface area contributed by atoms with Gasteiger partial charge in [-0.2, -0.15) is 10.2 Å². The first-order valence-electron chi connectivity index (χ1n) is 8.69. The van der Waals surface area contributed by atoms with Crippen LogP contribution in [0.15, 0.2) is 35.9 Å². The van der Waals surface area contributed by atoms with Crippen molar-refractivity contribution in [3.8, 4) is 0 Å². The van der Waals surface area contributed by atoms with E-state index in [0.29, 0.717) is 5.92 Å². The molecule has 1 aliphatic rings. The highest BCUT2D eigenvalue weighted by atomic mass is 16.1. The van der Waals surface area contributed by atoms with Crippen LogP contribution in [0.2, 0.25) is 0 Å². The predicted octanol–water partition coefficient (Wildman–Crippen LogP) is 1.09. The van der Waals surface area contributed by atoms with Gasteiger partial charge in [-0.25, -0.2) is 4.68 Å². The Morgan fingerprint density at radius 3 is 3.08 bits per heavy atom. The molecule has 1 saturated heterocycles. The van der Waals surface area contributed by atoms with Crippen LogP contribution in [0.4, 0.5) is 5.69 Å². The number of aryl methyl sites for hydroxylation is 2. The molecule has 3 heterocycles. The Bertz CT molecular complexity index is 793. The largest absolute Gasteiger partial charge is 0.370 e. The van der Waals surface area contributed by atoms with E-state index < -0.39 is 0 Å². The quantitative estimate of drug-likeness (QED) is 0.763. The Kier molecular flexibility index (Phi) is 5.33. The second-order valence-electron chi connectivity index (χ2n) is 6.66. The standard InChI is InChI=1S/C18H26N6O/c1-4-6-24-13-16(14(2)21-24)10-19-9-15-5-7-23(12-15)17-8-18(25)22(3)20-11-17/h4,8,11,13,15,19H,1,5-7,9-10,12H2,2-3H3/t15-/m1/s1. The smallest absolute Gasteiger partial charge is 0.268 e. The lowest BCUT2D eigenvalue weighted by Crippen LogP contribution is -2.28. The maximum absolute atomic E-state index is 11.7. The molecular weight excluding hydrogens is 316 g/mol. The van der Waals surface area contributed by atoms with Crippen LogP contribution in [-0.4, -0.2) is 39.2 Å². The molecule has 7 heteroatoms. The number of aromatic nitrogens is 4. The molecule has 0 aromatic carbocycles. The molecule has 1 atom stereocenters. The fourth-order valence-corrected chi connectivity index (χ4v) is 3.24.